The molecule has 4 N–H and O–H groups in total. The Kier molecular flexibility index (Phi) is 29.6. The molecular weight excluding hydrogens is 1020 g/mol. The summed E-state index contributed by atoms with van der Waals surface area (Å²) in [4.78, 5) is 0. The number of rotatable bonds is 20. The van der Waals surface area contributed by atoms with Crippen LogP contribution < -0.4 is 0 Å². The van der Waals surface area contributed by atoms with Gasteiger partial charge in [0.1, 0.15) is 0 Å². The second kappa shape index (κ2) is 34.3. The summed E-state index contributed by atoms with van der Waals surface area (Å²) < 4.78 is 0. The van der Waals surface area contributed by atoms with Gasteiger partial charge in [0.25, 0.3) is 0 Å². The van der Waals surface area contributed by atoms with E-state index in [1.807, 2.05) is 6.08 Å². The molecule has 4 aliphatic carbocycles. The third-order valence-electron chi connectivity index (χ3n) is 16.6. The maximum atomic E-state index is 10.1. The third-order valence-corrected chi connectivity index (χ3v) is 16.6. The first-order chi connectivity index (χ1) is 39.2. The number of allylic oxidation sites excluding steroid dienone is 40. The first-order valence-electron chi connectivity index (χ1n) is 30.9. The molecule has 0 amide bonds. The summed E-state index contributed by atoms with van der Waals surface area (Å²) in [5, 5.41) is 40.4. The van der Waals surface area contributed by atoms with Gasteiger partial charge >= 0.3 is 0 Å². The van der Waals surface area contributed by atoms with Crippen LogP contribution in [0.4, 0.5) is 0 Å². The van der Waals surface area contributed by atoms with Crippen molar-refractivity contribution in [2.45, 2.75) is 208 Å². The van der Waals surface area contributed by atoms with Gasteiger partial charge in [0.2, 0.25) is 0 Å². The minimum Gasteiger partial charge on any atom is -0.393 e. The Labute approximate surface area is 513 Å². The number of aliphatic hydroxyl groups excluding tert-OH is 4. The highest BCUT2D eigenvalue weighted by Crippen LogP contribution is 2.44. The van der Waals surface area contributed by atoms with Gasteiger partial charge in [-0.15, -0.1) is 0 Å². The van der Waals surface area contributed by atoms with Crippen LogP contribution >= 0.6 is 0 Å². The van der Waals surface area contributed by atoms with E-state index in [0.717, 1.165) is 44.9 Å². The number of aliphatic hydroxyl groups is 4. The molecule has 4 unspecified atom stereocenters. The SMILES string of the molecule is CC1=C(/C=C/C(C)=C/C=C/C(C)=C/C=C/C=C(C)/C=C/C=C(C)/C=C/C2=C(C)CC(O)CC2(C)C)C(C)(C)CC(O)C1.CC1=C[C@H](O)CC(C)(C)C1/C=C/C(C)=C/C=C/C(C)=C/C=C/C=C(C)/C=C/C=C(C)/C=C/C1=C(C)CC(O)CC1(C)C. The van der Waals surface area contributed by atoms with Crippen LogP contribution in [-0.4, -0.2) is 44.8 Å². The second-order valence-electron chi connectivity index (χ2n) is 27.4. The molecule has 0 fully saturated rings. The minimum atomic E-state index is -0.331. The van der Waals surface area contributed by atoms with Crippen molar-refractivity contribution in [3.05, 3.63) is 260 Å². The van der Waals surface area contributed by atoms with Crippen molar-refractivity contribution in [3.8, 4) is 0 Å². The zero-order valence-electron chi connectivity index (χ0n) is 55.9. The van der Waals surface area contributed by atoms with Crippen molar-refractivity contribution in [3.63, 3.8) is 0 Å². The molecule has 4 rings (SSSR count). The van der Waals surface area contributed by atoms with Crippen LogP contribution in [0.2, 0.25) is 0 Å². The summed E-state index contributed by atoms with van der Waals surface area (Å²) in [7, 11) is 0. The summed E-state index contributed by atoms with van der Waals surface area (Å²) in [5.74, 6) is 0.348. The second-order valence-corrected chi connectivity index (χ2v) is 27.4. The first kappa shape index (κ1) is 72.4. The van der Waals surface area contributed by atoms with Gasteiger partial charge in [-0.2, -0.15) is 0 Å². The van der Waals surface area contributed by atoms with Gasteiger partial charge in [0.05, 0.1) is 24.4 Å². The maximum absolute atomic E-state index is 10.1. The van der Waals surface area contributed by atoms with Crippen LogP contribution in [0, 0.1) is 27.6 Å². The summed E-state index contributed by atoms with van der Waals surface area (Å²) >= 11 is 0. The first-order valence-corrected chi connectivity index (χ1v) is 30.9. The molecule has 0 aliphatic heterocycles. The average molecular weight is 1140 g/mol. The van der Waals surface area contributed by atoms with Crippen LogP contribution in [0.5, 0.6) is 0 Å². The standard InChI is InChI=1S/2C40H56O2/c2*1-29(17-13-19-31(3)21-23-37-33(5)25-35(41)27-39(37,7)8)15-11-12-16-30(2)18-14-20-32(4)22-24-38-34(6)26-36(42)28-40(38,9)10/h11-24,35-36,41-42H,25-28H2,1-10H3;11-25,35-37,41-42H,26-28H2,1-10H3/b2*12-11+,17-13+,18-14+,23-21+,24-22+,29-15+,30-16+,31-19+,32-20+/t;35-,36?,37?/m.0/s1. The van der Waals surface area contributed by atoms with E-state index in [1.165, 1.54) is 83.6 Å². The molecule has 0 spiro atoms. The Morgan fingerprint density at radius 3 is 0.869 bits per heavy atom. The van der Waals surface area contributed by atoms with E-state index < -0.39 is 0 Å². The maximum Gasteiger partial charge on any atom is 0.0729 e. The van der Waals surface area contributed by atoms with Crippen LogP contribution in [-0.2, 0) is 0 Å². The fraction of sp³-hybridized carbons (Fsp3) is 0.450. The Balaban J connectivity index is 0.000000440. The van der Waals surface area contributed by atoms with Crippen molar-refractivity contribution in [1.82, 2.24) is 0 Å². The van der Waals surface area contributed by atoms with Gasteiger partial charge in [0.15, 0.2) is 0 Å². The third kappa shape index (κ3) is 26.2. The van der Waals surface area contributed by atoms with Crippen LogP contribution in [0.25, 0.3) is 0 Å². The molecule has 0 aromatic rings. The number of hydrogen-bond acceptors (Lipinski definition) is 4. The lowest BCUT2D eigenvalue weighted by molar-refractivity contribution is 0.116. The summed E-state index contributed by atoms with van der Waals surface area (Å²) in [6.07, 6.45) is 66.4. The molecule has 4 aliphatic rings. The molecule has 0 aromatic carbocycles. The van der Waals surface area contributed by atoms with E-state index in [9.17, 15) is 20.4 Å². The van der Waals surface area contributed by atoms with Crippen molar-refractivity contribution in [2.75, 3.05) is 0 Å². The Bertz CT molecular complexity index is 2860. The van der Waals surface area contributed by atoms with Gasteiger partial charge in [-0.05, 0) is 166 Å². The van der Waals surface area contributed by atoms with Gasteiger partial charge in [-0.1, -0.05) is 298 Å². The Morgan fingerprint density at radius 2 is 0.607 bits per heavy atom. The number of hydrogen-bond donors (Lipinski definition) is 4. The Morgan fingerprint density at radius 1 is 0.357 bits per heavy atom. The highest BCUT2D eigenvalue weighted by molar-refractivity contribution is 5.42. The van der Waals surface area contributed by atoms with Crippen molar-refractivity contribution in [1.29, 1.82) is 0 Å². The molecule has 0 aromatic heterocycles. The summed E-state index contributed by atoms with van der Waals surface area (Å²) in [5.41, 5.74) is 18.8. The van der Waals surface area contributed by atoms with E-state index in [0.29, 0.717) is 5.92 Å². The highest BCUT2D eigenvalue weighted by Gasteiger charge is 2.35. The minimum absolute atomic E-state index is 0.00528. The average Bonchev–Trinajstić information content (AvgIpc) is 2.39. The molecule has 0 heterocycles. The molecule has 4 nitrogen and oxygen atoms in total. The van der Waals surface area contributed by atoms with Gasteiger partial charge < -0.3 is 20.4 Å². The fourth-order valence-corrected chi connectivity index (χ4v) is 12.3. The molecule has 0 saturated heterocycles. The van der Waals surface area contributed by atoms with Gasteiger partial charge in [0, 0.05) is 5.92 Å². The predicted molar refractivity (Wildman–Crippen MR) is 368 cm³/mol. The molecule has 84 heavy (non-hydrogen) atoms. The lowest BCUT2D eigenvalue weighted by Gasteiger charge is -2.38. The van der Waals surface area contributed by atoms with Gasteiger partial charge in [-0.3, -0.25) is 0 Å². The van der Waals surface area contributed by atoms with Crippen molar-refractivity contribution in [2.24, 2.45) is 27.6 Å². The smallest absolute Gasteiger partial charge is 0.0729 e. The van der Waals surface area contributed by atoms with E-state index in [4.69, 9.17) is 0 Å². The summed E-state index contributed by atoms with van der Waals surface area (Å²) in [6, 6.07) is 0. The molecule has 456 valence electrons. The Hall–Kier alpha value is -5.88. The van der Waals surface area contributed by atoms with Crippen LogP contribution in [0.3, 0.4) is 0 Å². The molecule has 0 saturated carbocycles. The fourth-order valence-electron chi connectivity index (χ4n) is 12.3. The lowest BCUT2D eigenvalue weighted by Crippen LogP contribution is -2.32. The van der Waals surface area contributed by atoms with Crippen molar-refractivity contribution >= 4 is 0 Å². The molecule has 4 heteroatoms. The monoisotopic (exact) mass is 1140 g/mol. The quantitative estimate of drug-likeness (QED) is 0.0723. The molecule has 0 bridgehead atoms. The molecule has 0 radical (unpaired) electrons. The van der Waals surface area contributed by atoms with E-state index >= 15 is 0 Å². The van der Waals surface area contributed by atoms with E-state index in [1.54, 1.807) is 0 Å². The van der Waals surface area contributed by atoms with Crippen molar-refractivity contribution < 1.29 is 20.4 Å². The van der Waals surface area contributed by atoms with E-state index in [2.05, 4.69) is 309 Å². The summed E-state index contributed by atoms with van der Waals surface area (Å²) in [6.45, 7) is 43.2. The largest absolute Gasteiger partial charge is 0.393 e. The topological polar surface area (TPSA) is 80.9 Å². The predicted octanol–water partition coefficient (Wildman–Crippen LogP) is 21.0. The highest BCUT2D eigenvalue weighted by atomic mass is 16.3. The van der Waals surface area contributed by atoms with Crippen LogP contribution in [0.15, 0.2) is 260 Å². The lowest BCUT2D eigenvalue weighted by atomic mass is 9.67. The molecular formula is C80H112O4. The van der Waals surface area contributed by atoms with Gasteiger partial charge in [-0.25, -0.2) is 0 Å². The zero-order chi connectivity index (χ0) is 63.0. The van der Waals surface area contributed by atoms with E-state index in [-0.39, 0.29) is 46.1 Å². The normalized spacial score (nSPS) is 25.8. The zero-order valence-corrected chi connectivity index (χ0v) is 55.9. The molecule has 5 atom stereocenters. The van der Waals surface area contributed by atoms with Crippen LogP contribution in [0.1, 0.15) is 183 Å².